The predicted octanol–water partition coefficient (Wildman–Crippen LogP) is 0.773. The number of esters is 1. The number of nitrogens with zero attached hydrogens (tertiary/aromatic N) is 1. The highest BCUT2D eigenvalue weighted by atomic mass is 16.5. The summed E-state index contributed by atoms with van der Waals surface area (Å²) >= 11 is 0. The molecule has 1 rings (SSSR count). The van der Waals surface area contributed by atoms with E-state index in [2.05, 4.69) is 0 Å². The summed E-state index contributed by atoms with van der Waals surface area (Å²) in [6, 6.07) is 0. The van der Waals surface area contributed by atoms with Gasteiger partial charge in [-0.1, -0.05) is 6.92 Å². The summed E-state index contributed by atoms with van der Waals surface area (Å²) in [5.41, 5.74) is 5.52. The first-order valence-corrected chi connectivity index (χ1v) is 6.73. The minimum atomic E-state index is -0.179. The molecule has 1 saturated heterocycles. The summed E-state index contributed by atoms with van der Waals surface area (Å²) < 4.78 is 5.01. The first-order valence-electron chi connectivity index (χ1n) is 6.73. The van der Waals surface area contributed by atoms with Gasteiger partial charge in [0.2, 0.25) is 5.91 Å². The Balaban J connectivity index is 2.47. The van der Waals surface area contributed by atoms with Crippen molar-refractivity contribution < 1.29 is 14.3 Å². The first kappa shape index (κ1) is 15.0. The maximum atomic E-state index is 12.0. The number of amides is 1. The van der Waals surface area contributed by atoms with E-state index in [0.717, 1.165) is 19.4 Å². The maximum Gasteiger partial charge on any atom is 0.310 e. The molecule has 5 nitrogen and oxygen atoms in total. The van der Waals surface area contributed by atoms with E-state index >= 15 is 0 Å². The van der Waals surface area contributed by atoms with Crippen LogP contribution in [0.1, 0.15) is 33.1 Å². The second kappa shape index (κ2) is 7.36. The quantitative estimate of drug-likeness (QED) is 0.738. The van der Waals surface area contributed by atoms with Gasteiger partial charge in [-0.05, 0) is 32.2 Å². The SMILES string of the molecule is CCOC(=O)C1CCCN(C(=O)CC(C)CN)C1. The lowest BCUT2D eigenvalue weighted by Gasteiger charge is -2.32. The van der Waals surface area contributed by atoms with Crippen LogP contribution in [0.3, 0.4) is 0 Å². The molecule has 0 aromatic carbocycles. The average Bonchev–Trinajstić information content (AvgIpc) is 2.39. The lowest BCUT2D eigenvalue weighted by molar-refractivity contribution is -0.151. The Morgan fingerprint density at radius 1 is 1.50 bits per heavy atom. The van der Waals surface area contributed by atoms with E-state index in [9.17, 15) is 9.59 Å². The Hall–Kier alpha value is -1.10. The van der Waals surface area contributed by atoms with Crippen LogP contribution >= 0.6 is 0 Å². The Morgan fingerprint density at radius 3 is 2.83 bits per heavy atom. The molecule has 0 aliphatic carbocycles. The topological polar surface area (TPSA) is 72.6 Å². The molecule has 18 heavy (non-hydrogen) atoms. The van der Waals surface area contributed by atoms with Crippen LogP contribution in [0.4, 0.5) is 0 Å². The third-order valence-electron chi connectivity index (χ3n) is 3.32. The van der Waals surface area contributed by atoms with Crippen LogP contribution < -0.4 is 5.73 Å². The van der Waals surface area contributed by atoms with Crippen LogP contribution in [-0.4, -0.2) is 43.0 Å². The molecule has 0 radical (unpaired) electrons. The number of rotatable bonds is 5. The zero-order valence-corrected chi connectivity index (χ0v) is 11.4. The highest BCUT2D eigenvalue weighted by Gasteiger charge is 2.29. The number of carbonyl (C=O) groups is 2. The van der Waals surface area contributed by atoms with Gasteiger partial charge in [-0.25, -0.2) is 0 Å². The Bertz CT molecular complexity index is 294. The summed E-state index contributed by atoms with van der Waals surface area (Å²) in [5, 5.41) is 0. The number of likely N-dealkylation sites (tertiary alicyclic amines) is 1. The molecule has 0 spiro atoms. The second-order valence-corrected chi connectivity index (χ2v) is 4.98. The molecule has 5 heteroatoms. The normalized spacial score (nSPS) is 21.5. The molecule has 0 saturated carbocycles. The molecule has 0 bridgehead atoms. The molecule has 2 atom stereocenters. The monoisotopic (exact) mass is 256 g/mol. The van der Waals surface area contributed by atoms with Crippen LogP contribution in [0, 0.1) is 11.8 Å². The third kappa shape index (κ3) is 4.29. The van der Waals surface area contributed by atoms with Crippen molar-refractivity contribution in [3.8, 4) is 0 Å². The fourth-order valence-corrected chi connectivity index (χ4v) is 2.17. The minimum absolute atomic E-state index is 0.0990. The highest BCUT2D eigenvalue weighted by molar-refractivity contribution is 5.78. The Labute approximate surface area is 109 Å². The van der Waals surface area contributed by atoms with E-state index < -0.39 is 0 Å². The van der Waals surface area contributed by atoms with Crippen LogP contribution in [0.15, 0.2) is 0 Å². The van der Waals surface area contributed by atoms with Gasteiger partial charge >= 0.3 is 5.97 Å². The predicted molar refractivity (Wildman–Crippen MR) is 68.8 cm³/mol. The van der Waals surface area contributed by atoms with Gasteiger partial charge in [0, 0.05) is 19.5 Å². The molecule has 2 unspecified atom stereocenters. The molecule has 1 aliphatic heterocycles. The van der Waals surface area contributed by atoms with Crippen molar-refractivity contribution in [3.05, 3.63) is 0 Å². The molecular formula is C13H24N2O3. The number of hydrogen-bond donors (Lipinski definition) is 1. The average molecular weight is 256 g/mol. The smallest absolute Gasteiger partial charge is 0.310 e. The zero-order chi connectivity index (χ0) is 13.5. The van der Waals surface area contributed by atoms with Gasteiger partial charge < -0.3 is 15.4 Å². The van der Waals surface area contributed by atoms with E-state index in [4.69, 9.17) is 10.5 Å². The first-order chi connectivity index (χ1) is 8.58. The van der Waals surface area contributed by atoms with Crippen molar-refractivity contribution in [1.82, 2.24) is 4.90 Å². The number of piperidine rings is 1. The van der Waals surface area contributed by atoms with Crippen molar-refractivity contribution in [3.63, 3.8) is 0 Å². The van der Waals surface area contributed by atoms with Gasteiger partial charge in [-0.2, -0.15) is 0 Å². The van der Waals surface area contributed by atoms with Gasteiger partial charge in [0.1, 0.15) is 0 Å². The molecule has 1 aliphatic rings. The van der Waals surface area contributed by atoms with Gasteiger partial charge in [0.15, 0.2) is 0 Å². The molecule has 1 amide bonds. The van der Waals surface area contributed by atoms with Crippen molar-refractivity contribution >= 4 is 11.9 Å². The summed E-state index contributed by atoms with van der Waals surface area (Å²) in [5.74, 6) is -0.0416. The van der Waals surface area contributed by atoms with Crippen molar-refractivity contribution in [2.24, 2.45) is 17.6 Å². The second-order valence-electron chi connectivity index (χ2n) is 4.98. The van der Waals surface area contributed by atoms with E-state index in [1.807, 2.05) is 6.92 Å². The van der Waals surface area contributed by atoms with Crippen LogP contribution in [-0.2, 0) is 14.3 Å². The van der Waals surface area contributed by atoms with E-state index in [1.165, 1.54) is 0 Å². The van der Waals surface area contributed by atoms with E-state index in [1.54, 1.807) is 11.8 Å². The lowest BCUT2D eigenvalue weighted by Crippen LogP contribution is -2.43. The van der Waals surface area contributed by atoms with Gasteiger partial charge in [-0.15, -0.1) is 0 Å². The van der Waals surface area contributed by atoms with Crippen LogP contribution in [0.5, 0.6) is 0 Å². The van der Waals surface area contributed by atoms with Crippen molar-refractivity contribution in [2.45, 2.75) is 33.1 Å². The van der Waals surface area contributed by atoms with Gasteiger partial charge in [0.05, 0.1) is 12.5 Å². The summed E-state index contributed by atoms with van der Waals surface area (Å²) in [7, 11) is 0. The van der Waals surface area contributed by atoms with Gasteiger partial charge in [-0.3, -0.25) is 9.59 Å². The van der Waals surface area contributed by atoms with E-state index in [-0.39, 0.29) is 23.7 Å². The molecule has 104 valence electrons. The molecular weight excluding hydrogens is 232 g/mol. The van der Waals surface area contributed by atoms with E-state index in [0.29, 0.717) is 26.1 Å². The zero-order valence-electron chi connectivity index (χ0n) is 11.4. The third-order valence-corrected chi connectivity index (χ3v) is 3.32. The number of hydrogen-bond acceptors (Lipinski definition) is 4. The fraction of sp³-hybridized carbons (Fsp3) is 0.846. The number of ether oxygens (including phenoxy) is 1. The number of nitrogens with two attached hydrogens (primary N) is 1. The number of carbonyl (C=O) groups excluding carboxylic acids is 2. The largest absolute Gasteiger partial charge is 0.466 e. The molecule has 0 aromatic heterocycles. The Morgan fingerprint density at radius 2 is 2.22 bits per heavy atom. The molecule has 1 fully saturated rings. The molecule has 1 heterocycles. The molecule has 0 aromatic rings. The van der Waals surface area contributed by atoms with Crippen LogP contribution in [0.2, 0.25) is 0 Å². The summed E-state index contributed by atoms with van der Waals surface area (Å²) in [6.07, 6.45) is 2.15. The Kier molecular flexibility index (Phi) is 6.12. The standard InChI is InChI=1S/C13H24N2O3/c1-3-18-13(17)11-5-4-6-15(9-11)12(16)7-10(2)8-14/h10-11H,3-9,14H2,1-2H3. The minimum Gasteiger partial charge on any atom is -0.466 e. The van der Waals surface area contributed by atoms with Gasteiger partial charge in [0.25, 0.3) is 0 Å². The summed E-state index contributed by atoms with van der Waals surface area (Å²) in [6.45, 7) is 5.91. The van der Waals surface area contributed by atoms with Crippen molar-refractivity contribution in [2.75, 3.05) is 26.2 Å². The summed E-state index contributed by atoms with van der Waals surface area (Å²) in [4.78, 5) is 25.5. The fourth-order valence-electron chi connectivity index (χ4n) is 2.17. The lowest BCUT2D eigenvalue weighted by atomic mass is 9.97. The van der Waals surface area contributed by atoms with Crippen LogP contribution in [0.25, 0.3) is 0 Å². The van der Waals surface area contributed by atoms with Crippen molar-refractivity contribution in [1.29, 1.82) is 0 Å². The molecule has 2 N–H and O–H groups in total. The maximum absolute atomic E-state index is 12.0. The highest BCUT2D eigenvalue weighted by Crippen LogP contribution is 2.19.